The van der Waals surface area contributed by atoms with Gasteiger partial charge in [0.1, 0.15) is 5.82 Å². The summed E-state index contributed by atoms with van der Waals surface area (Å²) in [5.74, 6) is 0.880. The summed E-state index contributed by atoms with van der Waals surface area (Å²) in [6.45, 7) is 6.21. The molecule has 2 rings (SSSR count). The highest BCUT2D eigenvalue weighted by molar-refractivity contribution is 5.75. The lowest BCUT2D eigenvalue weighted by atomic mass is 9.84. The maximum atomic E-state index is 10.5. The Morgan fingerprint density at radius 3 is 2.50 bits per heavy atom. The summed E-state index contributed by atoms with van der Waals surface area (Å²) in [6, 6.07) is 8.00. The maximum Gasteiger partial charge on any atom is 0.112 e. The van der Waals surface area contributed by atoms with Gasteiger partial charge in [0.05, 0.1) is 23.2 Å². The van der Waals surface area contributed by atoms with Crippen molar-refractivity contribution in [3.63, 3.8) is 0 Å². The number of methoxy groups -OCH3 is 1. The predicted octanol–water partition coefficient (Wildman–Crippen LogP) is 2.54. The van der Waals surface area contributed by atoms with Gasteiger partial charge in [-0.15, -0.1) is 0 Å². The number of nitrogens with zero attached hydrogens (tertiary/aromatic N) is 2. The van der Waals surface area contributed by atoms with Crippen LogP contribution in [0.15, 0.2) is 24.3 Å². The molecule has 1 aromatic heterocycles. The second-order valence-corrected chi connectivity index (χ2v) is 6.37. The zero-order chi connectivity index (χ0) is 14.9. The minimum Gasteiger partial charge on any atom is -0.390 e. The number of fused-ring (bicyclic) bond motifs is 1. The van der Waals surface area contributed by atoms with Gasteiger partial charge in [-0.3, -0.25) is 0 Å². The molecule has 2 unspecified atom stereocenters. The lowest BCUT2D eigenvalue weighted by Gasteiger charge is -2.33. The smallest absolute Gasteiger partial charge is 0.112 e. The van der Waals surface area contributed by atoms with Gasteiger partial charge in [0.2, 0.25) is 0 Å². The fourth-order valence-electron chi connectivity index (χ4n) is 2.76. The number of aryl methyl sites for hydroxylation is 1. The Morgan fingerprint density at radius 2 is 1.95 bits per heavy atom. The molecule has 2 atom stereocenters. The molecule has 2 aromatic rings. The van der Waals surface area contributed by atoms with Crippen molar-refractivity contribution in [2.45, 2.75) is 39.4 Å². The summed E-state index contributed by atoms with van der Waals surface area (Å²) < 4.78 is 7.51. The van der Waals surface area contributed by atoms with Crippen LogP contribution in [-0.4, -0.2) is 34.0 Å². The van der Waals surface area contributed by atoms with Crippen LogP contribution in [-0.2, 0) is 18.2 Å². The third-order valence-electron chi connectivity index (χ3n) is 3.73. The van der Waals surface area contributed by atoms with Gasteiger partial charge in [0.15, 0.2) is 0 Å². The fraction of sp³-hybridized carbons (Fsp3) is 0.562. The average Bonchev–Trinajstić information content (AvgIpc) is 2.66. The number of aliphatic hydroxyl groups is 1. The Balaban J connectivity index is 2.25. The van der Waals surface area contributed by atoms with Gasteiger partial charge in [-0.25, -0.2) is 4.98 Å². The fourth-order valence-corrected chi connectivity index (χ4v) is 2.76. The van der Waals surface area contributed by atoms with Gasteiger partial charge in [-0.1, -0.05) is 32.9 Å². The van der Waals surface area contributed by atoms with Gasteiger partial charge >= 0.3 is 0 Å². The molecule has 20 heavy (non-hydrogen) atoms. The average molecular weight is 276 g/mol. The largest absolute Gasteiger partial charge is 0.390 e. The molecule has 0 saturated heterocycles. The van der Waals surface area contributed by atoms with E-state index in [0.29, 0.717) is 6.42 Å². The molecular weight excluding hydrogens is 252 g/mol. The number of aliphatic hydroxyl groups excluding tert-OH is 1. The Labute approximate surface area is 120 Å². The third kappa shape index (κ3) is 2.86. The lowest BCUT2D eigenvalue weighted by Crippen LogP contribution is -2.41. The summed E-state index contributed by atoms with van der Waals surface area (Å²) in [6.07, 6.45) is -0.307. The van der Waals surface area contributed by atoms with Crippen LogP contribution in [0.1, 0.15) is 26.6 Å². The molecule has 4 nitrogen and oxygen atoms in total. The third-order valence-corrected chi connectivity index (χ3v) is 3.73. The summed E-state index contributed by atoms with van der Waals surface area (Å²) >= 11 is 0. The van der Waals surface area contributed by atoms with E-state index < -0.39 is 6.10 Å². The van der Waals surface area contributed by atoms with Crippen molar-refractivity contribution < 1.29 is 9.84 Å². The maximum absolute atomic E-state index is 10.5. The van der Waals surface area contributed by atoms with Gasteiger partial charge < -0.3 is 14.4 Å². The normalized spacial score (nSPS) is 15.5. The molecule has 0 spiro atoms. The van der Waals surface area contributed by atoms with Crippen molar-refractivity contribution in [3.05, 3.63) is 30.1 Å². The zero-order valence-electron chi connectivity index (χ0n) is 12.9. The molecule has 0 aliphatic carbocycles. The van der Waals surface area contributed by atoms with Crippen molar-refractivity contribution in [3.8, 4) is 0 Å². The van der Waals surface area contributed by atoms with Crippen molar-refractivity contribution in [2.24, 2.45) is 12.5 Å². The molecule has 0 fully saturated rings. The van der Waals surface area contributed by atoms with Crippen molar-refractivity contribution in [2.75, 3.05) is 7.11 Å². The molecule has 0 aliphatic rings. The van der Waals surface area contributed by atoms with Gasteiger partial charge in [0.25, 0.3) is 0 Å². The van der Waals surface area contributed by atoms with Crippen molar-refractivity contribution in [1.29, 1.82) is 0 Å². The Kier molecular flexibility index (Phi) is 4.16. The van der Waals surface area contributed by atoms with Gasteiger partial charge in [-0.05, 0) is 17.5 Å². The van der Waals surface area contributed by atoms with Crippen molar-refractivity contribution in [1.82, 2.24) is 9.55 Å². The van der Waals surface area contributed by atoms with Gasteiger partial charge in [0, 0.05) is 20.6 Å². The van der Waals surface area contributed by atoms with Crippen LogP contribution in [0.5, 0.6) is 0 Å². The van der Waals surface area contributed by atoms with E-state index in [1.165, 1.54) is 0 Å². The van der Waals surface area contributed by atoms with Crippen LogP contribution in [0.4, 0.5) is 0 Å². The molecular formula is C16H24N2O2. The van der Waals surface area contributed by atoms with Crippen molar-refractivity contribution >= 4 is 11.0 Å². The summed E-state index contributed by atoms with van der Waals surface area (Å²) in [4.78, 5) is 4.60. The summed E-state index contributed by atoms with van der Waals surface area (Å²) in [7, 11) is 3.63. The van der Waals surface area contributed by atoms with E-state index in [1.807, 2.05) is 35.9 Å². The highest BCUT2D eigenvalue weighted by Gasteiger charge is 2.32. The minimum atomic E-state index is -0.574. The molecule has 110 valence electrons. The molecule has 1 heterocycles. The molecule has 0 bridgehead atoms. The van der Waals surface area contributed by atoms with E-state index in [0.717, 1.165) is 16.9 Å². The van der Waals surface area contributed by atoms with Crippen LogP contribution < -0.4 is 0 Å². The molecule has 1 aromatic carbocycles. The van der Waals surface area contributed by atoms with E-state index in [-0.39, 0.29) is 11.5 Å². The molecule has 4 heteroatoms. The Hall–Kier alpha value is -1.39. The first-order chi connectivity index (χ1) is 9.34. The molecule has 0 radical (unpaired) electrons. The van der Waals surface area contributed by atoms with E-state index in [1.54, 1.807) is 7.11 Å². The van der Waals surface area contributed by atoms with Gasteiger partial charge in [-0.2, -0.15) is 0 Å². The minimum absolute atomic E-state index is 0.112. The molecule has 0 saturated carbocycles. The first kappa shape index (κ1) is 15.0. The second kappa shape index (κ2) is 5.54. The number of aromatic nitrogens is 2. The summed E-state index contributed by atoms with van der Waals surface area (Å²) in [5, 5.41) is 10.5. The van der Waals surface area contributed by atoms with E-state index in [2.05, 4.69) is 25.8 Å². The van der Waals surface area contributed by atoms with E-state index in [9.17, 15) is 5.11 Å². The highest BCUT2D eigenvalue weighted by Crippen LogP contribution is 2.26. The van der Waals surface area contributed by atoms with E-state index in [4.69, 9.17) is 4.74 Å². The topological polar surface area (TPSA) is 47.3 Å². The second-order valence-electron chi connectivity index (χ2n) is 6.37. The molecule has 1 N–H and O–H groups in total. The first-order valence-corrected chi connectivity index (χ1v) is 6.95. The van der Waals surface area contributed by atoms with Crippen LogP contribution in [0, 0.1) is 5.41 Å². The van der Waals surface area contributed by atoms with Crippen LogP contribution >= 0.6 is 0 Å². The number of hydrogen-bond donors (Lipinski definition) is 1. The number of hydrogen-bond acceptors (Lipinski definition) is 3. The summed E-state index contributed by atoms with van der Waals surface area (Å²) in [5.41, 5.74) is 1.93. The number of ether oxygens (including phenoxy) is 1. The predicted molar refractivity (Wildman–Crippen MR) is 80.7 cm³/mol. The Bertz CT molecular complexity index is 584. The number of para-hydroxylation sites is 2. The van der Waals surface area contributed by atoms with Crippen LogP contribution in [0.3, 0.4) is 0 Å². The Morgan fingerprint density at radius 1 is 1.30 bits per heavy atom. The quantitative estimate of drug-likeness (QED) is 0.933. The van der Waals surface area contributed by atoms with Crippen LogP contribution in [0.2, 0.25) is 0 Å². The number of rotatable bonds is 4. The van der Waals surface area contributed by atoms with Crippen LogP contribution in [0.25, 0.3) is 11.0 Å². The molecule has 0 aliphatic heterocycles. The SMILES string of the molecule is COC(C(O)Cc1nc2ccccc2n1C)C(C)(C)C. The standard InChI is InChI=1S/C16H24N2O2/c1-16(2,3)15(20-5)13(19)10-14-17-11-8-6-7-9-12(11)18(14)4/h6-9,13,15,19H,10H2,1-5H3. The monoisotopic (exact) mass is 276 g/mol. The zero-order valence-corrected chi connectivity index (χ0v) is 12.9. The number of benzene rings is 1. The highest BCUT2D eigenvalue weighted by atomic mass is 16.5. The first-order valence-electron chi connectivity index (χ1n) is 6.95. The van der Waals surface area contributed by atoms with E-state index >= 15 is 0 Å². The molecule has 0 amide bonds. The number of imidazole rings is 1. The lowest BCUT2D eigenvalue weighted by molar-refractivity contribution is -0.0706.